The maximum atomic E-state index is 12.9. The van der Waals surface area contributed by atoms with Gasteiger partial charge in [0, 0.05) is 38.0 Å². The third-order valence-electron chi connectivity index (χ3n) is 6.09. The Morgan fingerprint density at radius 2 is 1.81 bits per heavy atom. The van der Waals surface area contributed by atoms with Crippen LogP contribution in [0.2, 0.25) is 0 Å². The second-order valence-electron chi connectivity index (χ2n) is 9.16. The van der Waals surface area contributed by atoms with E-state index in [1.54, 1.807) is 30.3 Å². The topological polar surface area (TPSA) is 40.6 Å². The molecule has 2 heterocycles. The van der Waals surface area contributed by atoms with Gasteiger partial charge in [-0.1, -0.05) is 20.8 Å². The predicted octanol–water partition coefficient (Wildman–Crippen LogP) is 3.84. The van der Waals surface area contributed by atoms with Crippen LogP contribution in [0.3, 0.4) is 0 Å². The van der Waals surface area contributed by atoms with Crippen LogP contribution < -0.4 is 0 Å². The lowest BCUT2D eigenvalue weighted by Crippen LogP contribution is -2.42. The van der Waals surface area contributed by atoms with E-state index in [9.17, 15) is 9.59 Å². The highest BCUT2D eigenvalue weighted by atomic mass is 32.1. The van der Waals surface area contributed by atoms with Gasteiger partial charge in [0.05, 0.1) is 4.88 Å². The Kier molecular flexibility index (Phi) is 5.48. The molecular weight excluding hydrogens is 344 g/mol. The van der Waals surface area contributed by atoms with E-state index >= 15 is 0 Å². The maximum absolute atomic E-state index is 12.9. The first-order chi connectivity index (χ1) is 12.2. The molecule has 1 fully saturated rings. The Morgan fingerprint density at radius 3 is 2.38 bits per heavy atom. The molecule has 1 atom stereocenters. The fourth-order valence-electron chi connectivity index (χ4n) is 4.22. The number of hydrogen-bond acceptors (Lipinski definition) is 3. The van der Waals surface area contributed by atoms with Crippen molar-refractivity contribution < 1.29 is 9.59 Å². The normalized spacial score (nSPS) is 21.4. The smallest absolute Gasteiger partial charge is 0.263 e. The highest BCUT2D eigenvalue weighted by Gasteiger charge is 2.32. The van der Waals surface area contributed by atoms with Crippen LogP contribution in [0, 0.1) is 17.3 Å². The molecule has 2 aliphatic rings. The predicted molar refractivity (Wildman–Crippen MR) is 107 cm³/mol. The molecule has 1 aliphatic carbocycles. The van der Waals surface area contributed by atoms with Crippen molar-refractivity contribution in [1.82, 2.24) is 9.80 Å². The molecule has 26 heavy (non-hydrogen) atoms. The van der Waals surface area contributed by atoms with Crippen LogP contribution in [0.1, 0.15) is 60.1 Å². The van der Waals surface area contributed by atoms with Crippen molar-refractivity contribution in [2.24, 2.45) is 17.3 Å². The number of fused-ring (bicyclic) bond motifs is 1. The van der Waals surface area contributed by atoms with Crippen molar-refractivity contribution >= 4 is 23.2 Å². The molecule has 5 heteroatoms. The van der Waals surface area contributed by atoms with E-state index in [2.05, 4.69) is 26.8 Å². The standard InChI is InChI=1S/C21H32N2O2S/c1-21(2,3)16-6-7-17-15(12-16)13-18(26-17)20(25)23-10-8-14(9-11-23)19(24)22(4)5/h13-14,16H,6-12H2,1-5H3. The summed E-state index contributed by atoms with van der Waals surface area (Å²) in [5.74, 6) is 1.11. The maximum Gasteiger partial charge on any atom is 0.263 e. The van der Waals surface area contributed by atoms with Gasteiger partial charge in [0.1, 0.15) is 0 Å². The Hall–Kier alpha value is -1.36. The third-order valence-corrected chi connectivity index (χ3v) is 7.32. The third kappa shape index (κ3) is 3.98. The van der Waals surface area contributed by atoms with Gasteiger partial charge in [-0.05, 0) is 55.1 Å². The monoisotopic (exact) mass is 376 g/mol. The zero-order valence-corrected chi connectivity index (χ0v) is 17.6. The molecule has 1 aromatic heterocycles. The minimum atomic E-state index is 0.0677. The van der Waals surface area contributed by atoms with Gasteiger partial charge in [-0.2, -0.15) is 0 Å². The van der Waals surface area contributed by atoms with Crippen molar-refractivity contribution in [1.29, 1.82) is 0 Å². The van der Waals surface area contributed by atoms with Gasteiger partial charge in [-0.3, -0.25) is 9.59 Å². The van der Waals surface area contributed by atoms with Gasteiger partial charge in [-0.15, -0.1) is 11.3 Å². The molecule has 1 aliphatic heterocycles. The van der Waals surface area contributed by atoms with Gasteiger partial charge in [0.2, 0.25) is 5.91 Å². The van der Waals surface area contributed by atoms with E-state index < -0.39 is 0 Å². The largest absolute Gasteiger partial charge is 0.349 e. The van der Waals surface area contributed by atoms with Crippen molar-refractivity contribution in [2.45, 2.75) is 52.9 Å². The Balaban J connectivity index is 1.64. The van der Waals surface area contributed by atoms with E-state index in [0.717, 1.165) is 30.6 Å². The van der Waals surface area contributed by atoms with E-state index in [1.807, 2.05) is 4.90 Å². The number of aryl methyl sites for hydroxylation is 1. The van der Waals surface area contributed by atoms with Crippen LogP contribution in [0.5, 0.6) is 0 Å². The first-order valence-electron chi connectivity index (χ1n) is 9.79. The quantitative estimate of drug-likeness (QED) is 0.787. The van der Waals surface area contributed by atoms with Crippen LogP contribution >= 0.6 is 11.3 Å². The lowest BCUT2D eigenvalue weighted by molar-refractivity contribution is -0.134. The highest BCUT2D eigenvalue weighted by molar-refractivity contribution is 7.14. The summed E-state index contributed by atoms with van der Waals surface area (Å²) in [4.78, 5) is 31.0. The van der Waals surface area contributed by atoms with Gasteiger partial charge in [0.15, 0.2) is 0 Å². The molecule has 144 valence electrons. The van der Waals surface area contributed by atoms with Crippen molar-refractivity contribution in [3.8, 4) is 0 Å². The Labute approximate surface area is 161 Å². The van der Waals surface area contributed by atoms with E-state index in [4.69, 9.17) is 0 Å². The molecule has 1 saturated heterocycles. The van der Waals surface area contributed by atoms with Gasteiger partial charge in [0.25, 0.3) is 5.91 Å². The van der Waals surface area contributed by atoms with Crippen LogP contribution in [0.25, 0.3) is 0 Å². The zero-order chi connectivity index (χ0) is 19.1. The number of hydrogen-bond donors (Lipinski definition) is 0. The number of amides is 2. The summed E-state index contributed by atoms with van der Waals surface area (Å²) in [7, 11) is 3.61. The van der Waals surface area contributed by atoms with Crippen LogP contribution in [-0.4, -0.2) is 48.8 Å². The van der Waals surface area contributed by atoms with Crippen molar-refractivity contribution in [2.75, 3.05) is 27.2 Å². The number of carbonyl (C=O) groups is 2. The molecule has 0 radical (unpaired) electrons. The average Bonchev–Trinajstić information content (AvgIpc) is 3.03. The average molecular weight is 377 g/mol. The number of nitrogens with zero attached hydrogens (tertiary/aromatic N) is 2. The van der Waals surface area contributed by atoms with Crippen molar-refractivity contribution in [3.05, 3.63) is 21.4 Å². The zero-order valence-electron chi connectivity index (χ0n) is 16.8. The molecule has 2 amide bonds. The lowest BCUT2D eigenvalue weighted by atomic mass is 9.72. The van der Waals surface area contributed by atoms with Crippen LogP contribution in [0.4, 0.5) is 0 Å². The minimum absolute atomic E-state index is 0.0677. The summed E-state index contributed by atoms with van der Waals surface area (Å²) >= 11 is 1.70. The summed E-state index contributed by atoms with van der Waals surface area (Å²) in [5.41, 5.74) is 1.71. The Bertz CT molecular complexity index is 679. The number of carbonyl (C=O) groups excluding carboxylic acids is 2. The molecule has 0 aromatic carbocycles. The van der Waals surface area contributed by atoms with E-state index in [1.165, 1.54) is 16.9 Å². The first kappa shape index (κ1) is 19.4. The molecule has 0 N–H and O–H groups in total. The number of piperidine rings is 1. The molecule has 1 aromatic rings. The summed E-state index contributed by atoms with van der Waals surface area (Å²) in [6.45, 7) is 8.34. The molecule has 3 rings (SSSR count). The van der Waals surface area contributed by atoms with Gasteiger partial charge in [-0.25, -0.2) is 0 Å². The summed E-state index contributed by atoms with van der Waals surface area (Å²) in [6.07, 6.45) is 4.99. The molecule has 0 saturated carbocycles. The second kappa shape index (κ2) is 7.34. The summed E-state index contributed by atoms with van der Waals surface area (Å²) < 4.78 is 0. The number of likely N-dealkylation sites (tertiary alicyclic amines) is 1. The summed E-state index contributed by atoms with van der Waals surface area (Å²) in [6, 6.07) is 2.15. The minimum Gasteiger partial charge on any atom is -0.349 e. The number of thiophene rings is 1. The molecule has 1 unspecified atom stereocenters. The van der Waals surface area contributed by atoms with Crippen LogP contribution in [0.15, 0.2) is 6.07 Å². The lowest BCUT2D eigenvalue weighted by Gasteiger charge is -2.33. The first-order valence-corrected chi connectivity index (χ1v) is 10.6. The molecule has 0 bridgehead atoms. The van der Waals surface area contributed by atoms with Crippen molar-refractivity contribution in [3.63, 3.8) is 0 Å². The van der Waals surface area contributed by atoms with E-state index in [-0.39, 0.29) is 17.7 Å². The fraction of sp³-hybridized carbons (Fsp3) is 0.714. The Morgan fingerprint density at radius 1 is 1.15 bits per heavy atom. The molecule has 4 nitrogen and oxygen atoms in total. The SMILES string of the molecule is CN(C)C(=O)C1CCN(C(=O)c2cc3c(s2)CCC(C(C)(C)C)C3)CC1. The van der Waals surface area contributed by atoms with Crippen LogP contribution in [-0.2, 0) is 17.6 Å². The summed E-state index contributed by atoms with van der Waals surface area (Å²) in [5, 5.41) is 0. The fourth-order valence-corrected chi connectivity index (χ4v) is 5.40. The highest BCUT2D eigenvalue weighted by Crippen LogP contribution is 2.40. The van der Waals surface area contributed by atoms with Gasteiger partial charge < -0.3 is 9.80 Å². The second-order valence-corrected chi connectivity index (χ2v) is 10.3. The number of rotatable bonds is 2. The molecular formula is C21H32N2O2S. The van der Waals surface area contributed by atoms with Gasteiger partial charge >= 0.3 is 0 Å². The molecule has 0 spiro atoms. The van der Waals surface area contributed by atoms with E-state index in [0.29, 0.717) is 24.4 Å².